The summed E-state index contributed by atoms with van der Waals surface area (Å²) in [6.45, 7) is 5.12. The second-order valence-corrected chi connectivity index (χ2v) is 13.1. The van der Waals surface area contributed by atoms with Crippen molar-refractivity contribution in [3.05, 3.63) is 39.2 Å². The van der Waals surface area contributed by atoms with Gasteiger partial charge in [0.05, 0.1) is 24.3 Å². The minimum Gasteiger partial charge on any atom is -0.465 e. The molecule has 2 aromatic rings. The molecule has 1 aliphatic carbocycles. The highest BCUT2D eigenvalue weighted by Gasteiger charge is 2.60. The van der Waals surface area contributed by atoms with Gasteiger partial charge in [-0.2, -0.15) is 22.0 Å². The van der Waals surface area contributed by atoms with E-state index in [2.05, 4.69) is 9.72 Å². The molecule has 2 aromatic heterocycles. The zero-order chi connectivity index (χ0) is 29.6. The van der Waals surface area contributed by atoms with Crippen molar-refractivity contribution in [1.29, 1.82) is 0 Å². The second kappa shape index (κ2) is 10.6. The number of pyridine rings is 1. The molecule has 0 unspecified atom stereocenters. The summed E-state index contributed by atoms with van der Waals surface area (Å²) in [4.78, 5) is 28.4. The smallest absolute Gasteiger partial charge is 0.458 e. The number of halogens is 5. The molecule has 0 N–H and O–H groups in total. The van der Waals surface area contributed by atoms with Crippen LogP contribution in [0.15, 0.2) is 23.1 Å². The normalized spacial score (nSPS) is 14.7. The van der Waals surface area contributed by atoms with Gasteiger partial charge in [0.2, 0.25) is 0 Å². The van der Waals surface area contributed by atoms with Crippen molar-refractivity contribution in [3.63, 3.8) is 0 Å². The number of sulfone groups is 1. The van der Waals surface area contributed by atoms with Gasteiger partial charge in [-0.25, -0.2) is 23.0 Å². The Morgan fingerprint density at radius 2 is 1.74 bits per heavy atom. The summed E-state index contributed by atoms with van der Waals surface area (Å²) in [5.74, 6) is -7.28. The maximum absolute atomic E-state index is 14.2. The Kier molecular flexibility index (Phi) is 8.38. The minimum absolute atomic E-state index is 0.00600. The van der Waals surface area contributed by atoms with E-state index in [1.165, 1.54) is 39.8 Å². The number of ether oxygens (including phenoxy) is 2. The molecular formula is C24H27F5N2O6S2. The third-order valence-corrected chi connectivity index (χ3v) is 8.59. The predicted molar refractivity (Wildman–Crippen MR) is 132 cm³/mol. The number of nitrogens with zero attached hydrogens (tertiary/aromatic N) is 2. The highest BCUT2D eigenvalue weighted by atomic mass is 32.2. The van der Waals surface area contributed by atoms with Crippen LogP contribution in [-0.2, 0) is 31.8 Å². The van der Waals surface area contributed by atoms with Gasteiger partial charge in [0.1, 0.15) is 15.4 Å². The number of rotatable bonds is 8. The topological polar surface area (TPSA) is 103 Å². The molecule has 0 atom stereocenters. The van der Waals surface area contributed by atoms with Crippen LogP contribution in [0.5, 0.6) is 0 Å². The van der Waals surface area contributed by atoms with Crippen molar-refractivity contribution in [2.75, 3.05) is 17.8 Å². The van der Waals surface area contributed by atoms with Crippen molar-refractivity contribution in [2.24, 2.45) is 0 Å². The highest BCUT2D eigenvalue weighted by Crippen LogP contribution is 2.48. The molecule has 0 radical (unpaired) electrons. The Hall–Kier alpha value is -2.81. The Labute approximate surface area is 226 Å². The number of methoxy groups -OCH3 is 1. The summed E-state index contributed by atoms with van der Waals surface area (Å²) in [5, 5.41) is 0. The molecule has 3 rings (SSSR count). The number of aromatic nitrogens is 1. The number of anilines is 1. The van der Waals surface area contributed by atoms with E-state index in [-0.39, 0.29) is 33.7 Å². The third-order valence-electron chi connectivity index (χ3n) is 5.61. The maximum atomic E-state index is 14.2. The van der Waals surface area contributed by atoms with E-state index in [0.29, 0.717) is 11.8 Å². The van der Waals surface area contributed by atoms with E-state index in [4.69, 9.17) is 4.74 Å². The molecule has 0 aliphatic heterocycles. The van der Waals surface area contributed by atoms with Crippen LogP contribution in [0.4, 0.5) is 32.6 Å². The Balaban J connectivity index is 2.25. The maximum Gasteiger partial charge on any atom is 0.458 e. The zero-order valence-electron chi connectivity index (χ0n) is 21.7. The van der Waals surface area contributed by atoms with Crippen LogP contribution in [0.2, 0.25) is 0 Å². The second-order valence-electron chi connectivity index (χ2n) is 9.83. The monoisotopic (exact) mass is 598 g/mol. The minimum atomic E-state index is -5.96. The summed E-state index contributed by atoms with van der Waals surface area (Å²) < 4.78 is 104. The number of hydrogen-bond donors (Lipinski definition) is 0. The Morgan fingerprint density at radius 3 is 2.23 bits per heavy atom. The number of carbonyl (C=O) groups is 2. The van der Waals surface area contributed by atoms with Crippen LogP contribution in [0.1, 0.15) is 72.3 Å². The highest BCUT2D eigenvalue weighted by molar-refractivity contribution is 7.91. The first kappa shape index (κ1) is 30.7. The van der Waals surface area contributed by atoms with Crippen molar-refractivity contribution in [3.8, 4) is 0 Å². The summed E-state index contributed by atoms with van der Waals surface area (Å²) in [7, 11) is -3.10. The van der Waals surface area contributed by atoms with Crippen LogP contribution in [0.3, 0.4) is 0 Å². The lowest BCUT2D eigenvalue weighted by atomic mass is 10.1. The average molecular weight is 599 g/mol. The van der Waals surface area contributed by atoms with Crippen LogP contribution < -0.4 is 4.90 Å². The molecule has 1 fully saturated rings. The van der Waals surface area contributed by atoms with Gasteiger partial charge in [-0.05, 0) is 57.4 Å². The fraction of sp³-hybridized carbons (Fsp3) is 0.542. The molecule has 0 aromatic carbocycles. The van der Waals surface area contributed by atoms with Crippen molar-refractivity contribution in [1.82, 2.24) is 4.98 Å². The molecule has 0 bridgehead atoms. The van der Waals surface area contributed by atoms with Crippen LogP contribution in [-0.4, -0.2) is 50.1 Å². The lowest BCUT2D eigenvalue weighted by Crippen LogP contribution is -2.38. The molecule has 8 nitrogen and oxygen atoms in total. The largest absolute Gasteiger partial charge is 0.465 e. The molecule has 1 amide bonds. The molecule has 0 saturated heterocycles. The van der Waals surface area contributed by atoms with Crippen LogP contribution in [0.25, 0.3) is 0 Å². The standard InChI is InChI=1S/C24H27F5N2O6S2/c1-6-39(34,35)16-10-9-15(13-7-8-13)30-19(16)31(21(33)37-22(2,3)4)12-14-11-17(23(25,26)24(27,28)29)38-18(14)20(32)36-5/h9-11,13H,6-8,12H2,1-5H3. The fourth-order valence-corrected chi connectivity index (χ4v) is 5.57. The van der Waals surface area contributed by atoms with E-state index in [9.17, 15) is 40.0 Å². The summed E-state index contributed by atoms with van der Waals surface area (Å²) in [6, 6.07) is 3.22. The molecule has 2 heterocycles. The van der Waals surface area contributed by atoms with Gasteiger partial charge < -0.3 is 9.47 Å². The lowest BCUT2D eigenvalue weighted by molar-refractivity contribution is -0.287. The van der Waals surface area contributed by atoms with Crippen LogP contribution >= 0.6 is 11.3 Å². The Bertz CT molecular complexity index is 1360. The van der Waals surface area contributed by atoms with E-state index in [0.717, 1.165) is 24.9 Å². The SMILES string of the molecule is CCS(=O)(=O)c1ccc(C2CC2)nc1N(Cc1cc(C(F)(F)C(F)(F)F)sc1C(=O)OC)C(=O)OC(C)(C)C. The number of amides is 1. The molecule has 1 aliphatic rings. The number of hydrogen-bond acceptors (Lipinski definition) is 8. The van der Waals surface area contributed by atoms with Gasteiger partial charge in [-0.1, -0.05) is 6.92 Å². The van der Waals surface area contributed by atoms with Gasteiger partial charge in [-0.3, -0.25) is 4.90 Å². The van der Waals surface area contributed by atoms with E-state index < -0.39 is 61.5 Å². The van der Waals surface area contributed by atoms with Crippen LogP contribution in [0, 0.1) is 0 Å². The van der Waals surface area contributed by atoms with E-state index >= 15 is 0 Å². The van der Waals surface area contributed by atoms with E-state index in [1.807, 2.05) is 0 Å². The lowest BCUT2D eigenvalue weighted by Gasteiger charge is -2.28. The quantitative estimate of drug-likeness (QED) is 0.264. The zero-order valence-corrected chi connectivity index (χ0v) is 23.3. The molecule has 1 saturated carbocycles. The summed E-state index contributed by atoms with van der Waals surface area (Å²) >= 11 is -0.142. The molecule has 39 heavy (non-hydrogen) atoms. The number of esters is 1. The van der Waals surface area contributed by atoms with Gasteiger partial charge in [0, 0.05) is 11.6 Å². The van der Waals surface area contributed by atoms with Gasteiger partial charge in [0.15, 0.2) is 15.7 Å². The molecule has 0 spiro atoms. The van der Waals surface area contributed by atoms with Gasteiger partial charge in [0.25, 0.3) is 0 Å². The van der Waals surface area contributed by atoms with Crippen molar-refractivity contribution in [2.45, 2.75) is 75.6 Å². The molecular weight excluding hydrogens is 571 g/mol. The summed E-state index contributed by atoms with van der Waals surface area (Å²) in [5.41, 5.74) is -1.08. The first-order valence-corrected chi connectivity index (χ1v) is 14.2. The van der Waals surface area contributed by atoms with Crippen molar-refractivity contribution < 1.29 is 49.4 Å². The van der Waals surface area contributed by atoms with Crippen molar-refractivity contribution >= 4 is 39.1 Å². The number of alkyl halides is 5. The molecule has 15 heteroatoms. The van der Waals surface area contributed by atoms with Gasteiger partial charge >= 0.3 is 24.2 Å². The first-order valence-electron chi connectivity index (χ1n) is 11.7. The summed E-state index contributed by atoms with van der Waals surface area (Å²) in [6.07, 6.45) is -5.57. The Morgan fingerprint density at radius 1 is 1.13 bits per heavy atom. The molecule has 216 valence electrons. The fourth-order valence-electron chi connectivity index (χ4n) is 3.47. The average Bonchev–Trinajstić information content (AvgIpc) is 3.58. The van der Waals surface area contributed by atoms with E-state index in [1.54, 1.807) is 0 Å². The first-order chi connectivity index (χ1) is 17.8. The number of carbonyl (C=O) groups excluding carboxylic acids is 2. The predicted octanol–water partition coefficient (Wildman–Crippen LogP) is 6.20. The van der Waals surface area contributed by atoms with Gasteiger partial charge in [-0.15, -0.1) is 11.3 Å². The number of thiophene rings is 1. The third kappa shape index (κ3) is 6.68.